The van der Waals surface area contributed by atoms with Gasteiger partial charge in [0.1, 0.15) is 0 Å². The average molecular weight is 377 g/mol. The standard InChI is InChI=1S/C19H28F4OSi/c1-5-7-8-10-18(25(3,4)23)24-17(9-6-2)15-11-13-16(14-12-15)19(20,21)22/h6,11-14,17-18H,2,5,7-10H2,1,3-4H3/t17-,18+/m1/s1. The summed E-state index contributed by atoms with van der Waals surface area (Å²) in [7, 11) is -3.04. The van der Waals surface area contributed by atoms with Crippen LogP contribution in [0.5, 0.6) is 0 Å². The molecule has 0 bridgehead atoms. The van der Waals surface area contributed by atoms with Crippen LogP contribution in [-0.2, 0) is 10.9 Å². The monoisotopic (exact) mass is 376 g/mol. The summed E-state index contributed by atoms with van der Waals surface area (Å²) in [5.41, 5.74) is -0.564. The first-order valence-corrected chi connectivity index (χ1v) is 11.7. The van der Waals surface area contributed by atoms with Gasteiger partial charge in [0.2, 0.25) is 0 Å². The number of hydrogen-bond acceptors (Lipinski definition) is 1. The lowest BCUT2D eigenvalue weighted by atomic mass is 10.0. The maximum absolute atomic E-state index is 14.7. The second-order valence-electron chi connectivity index (χ2n) is 6.82. The molecule has 25 heavy (non-hydrogen) atoms. The molecular formula is C19H28F4OSi. The summed E-state index contributed by atoms with van der Waals surface area (Å²) in [6, 6.07) is 4.90. The van der Waals surface area contributed by atoms with Crippen LogP contribution in [0.15, 0.2) is 36.9 Å². The number of alkyl halides is 3. The molecule has 1 rings (SSSR count). The van der Waals surface area contributed by atoms with E-state index in [0.29, 0.717) is 18.4 Å². The molecule has 0 fully saturated rings. The van der Waals surface area contributed by atoms with Crippen LogP contribution < -0.4 is 0 Å². The van der Waals surface area contributed by atoms with E-state index in [1.165, 1.54) is 12.1 Å². The predicted octanol–water partition coefficient (Wildman–Crippen LogP) is 7.00. The van der Waals surface area contributed by atoms with Crippen molar-refractivity contribution >= 4 is 8.41 Å². The van der Waals surface area contributed by atoms with Gasteiger partial charge < -0.3 is 8.84 Å². The molecule has 1 nitrogen and oxygen atoms in total. The number of hydrogen-bond donors (Lipinski definition) is 0. The number of unbranched alkanes of at least 4 members (excludes halogenated alkanes) is 2. The molecule has 2 atom stereocenters. The maximum atomic E-state index is 14.7. The second-order valence-corrected chi connectivity index (χ2v) is 10.6. The van der Waals surface area contributed by atoms with Crippen molar-refractivity contribution in [2.24, 2.45) is 0 Å². The molecule has 0 aliphatic rings. The van der Waals surface area contributed by atoms with Crippen LogP contribution in [0.25, 0.3) is 0 Å². The number of halogens is 4. The Bertz CT molecular complexity index is 520. The van der Waals surface area contributed by atoms with Gasteiger partial charge in [-0.15, -0.1) is 6.58 Å². The first kappa shape index (κ1) is 21.9. The van der Waals surface area contributed by atoms with Gasteiger partial charge in [0, 0.05) is 0 Å². The molecule has 0 aliphatic carbocycles. The van der Waals surface area contributed by atoms with Crippen molar-refractivity contribution in [3.63, 3.8) is 0 Å². The lowest BCUT2D eigenvalue weighted by molar-refractivity contribution is -0.137. The molecule has 1 aromatic rings. The van der Waals surface area contributed by atoms with Gasteiger partial charge in [-0.3, -0.25) is 0 Å². The van der Waals surface area contributed by atoms with Gasteiger partial charge in [0.25, 0.3) is 8.41 Å². The van der Waals surface area contributed by atoms with Crippen molar-refractivity contribution in [2.75, 3.05) is 0 Å². The Labute approximate surface area is 149 Å². The van der Waals surface area contributed by atoms with Gasteiger partial charge in [-0.25, -0.2) is 0 Å². The fourth-order valence-corrected chi connectivity index (χ4v) is 4.04. The summed E-state index contributed by atoms with van der Waals surface area (Å²) in [6.45, 7) is 8.99. The highest BCUT2D eigenvalue weighted by molar-refractivity contribution is 6.71. The van der Waals surface area contributed by atoms with E-state index in [4.69, 9.17) is 4.74 Å². The fourth-order valence-electron chi connectivity index (χ4n) is 2.66. The molecular weight excluding hydrogens is 348 g/mol. The van der Waals surface area contributed by atoms with Crippen LogP contribution in [0.3, 0.4) is 0 Å². The zero-order valence-electron chi connectivity index (χ0n) is 15.2. The fraction of sp³-hybridized carbons (Fsp3) is 0.579. The van der Waals surface area contributed by atoms with Crippen LogP contribution in [0.2, 0.25) is 13.1 Å². The first-order chi connectivity index (χ1) is 11.6. The summed E-state index contributed by atoms with van der Waals surface area (Å²) >= 11 is 0. The van der Waals surface area contributed by atoms with Crippen LogP contribution in [0.1, 0.15) is 56.3 Å². The Hall–Kier alpha value is -1.14. The predicted molar refractivity (Wildman–Crippen MR) is 96.6 cm³/mol. The molecule has 0 radical (unpaired) electrons. The van der Waals surface area contributed by atoms with E-state index in [1.54, 1.807) is 19.2 Å². The molecule has 0 saturated carbocycles. The number of rotatable bonds is 10. The highest BCUT2D eigenvalue weighted by Gasteiger charge is 2.36. The molecule has 0 aromatic heterocycles. The third-order valence-corrected chi connectivity index (χ3v) is 6.11. The first-order valence-electron chi connectivity index (χ1n) is 8.72. The molecule has 0 N–H and O–H groups in total. The van der Waals surface area contributed by atoms with Gasteiger partial charge in [-0.1, -0.05) is 44.4 Å². The Morgan fingerprint density at radius 1 is 1.16 bits per heavy atom. The van der Waals surface area contributed by atoms with Gasteiger partial charge in [0.15, 0.2) is 0 Å². The molecule has 0 saturated heterocycles. The average Bonchev–Trinajstić information content (AvgIpc) is 2.51. The van der Waals surface area contributed by atoms with Crippen molar-refractivity contribution < 1.29 is 22.0 Å². The van der Waals surface area contributed by atoms with E-state index in [2.05, 4.69) is 13.5 Å². The van der Waals surface area contributed by atoms with Crippen LogP contribution in [0, 0.1) is 0 Å². The summed E-state index contributed by atoms with van der Waals surface area (Å²) in [6.07, 6.45) is 0.802. The molecule has 0 unspecified atom stereocenters. The topological polar surface area (TPSA) is 9.23 Å². The molecule has 0 amide bonds. The van der Waals surface area contributed by atoms with Crippen molar-refractivity contribution in [3.05, 3.63) is 48.0 Å². The number of ether oxygens (including phenoxy) is 1. The van der Waals surface area contributed by atoms with Crippen LogP contribution in [-0.4, -0.2) is 14.1 Å². The van der Waals surface area contributed by atoms with E-state index in [9.17, 15) is 17.3 Å². The van der Waals surface area contributed by atoms with Crippen LogP contribution in [0.4, 0.5) is 17.3 Å². The van der Waals surface area contributed by atoms with Gasteiger partial charge >= 0.3 is 6.18 Å². The molecule has 1 aromatic carbocycles. The summed E-state index contributed by atoms with van der Waals surface area (Å²) in [5, 5.41) is 0. The van der Waals surface area contributed by atoms with Crippen molar-refractivity contribution in [1.82, 2.24) is 0 Å². The minimum atomic E-state index is -4.37. The van der Waals surface area contributed by atoms with Crippen molar-refractivity contribution in [3.8, 4) is 0 Å². The van der Waals surface area contributed by atoms with Crippen molar-refractivity contribution in [1.29, 1.82) is 0 Å². The summed E-state index contributed by atoms with van der Waals surface area (Å²) in [5.74, 6) is 0. The molecule has 0 spiro atoms. The normalized spacial score (nSPS) is 15.0. The largest absolute Gasteiger partial charge is 0.416 e. The van der Waals surface area contributed by atoms with E-state index < -0.39 is 32.0 Å². The number of benzene rings is 1. The third-order valence-electron chi connectivity index (χ3n) is 4.15. The summed E-state index contributed by atoms with van der Waals surface area (Å²) in [4.78, 5) is 0. The lowest BCUT2D eigenvalue weighted by Gasteiger charge is -2.30. The van der Waals surface area contributed by atoms with E-state index in [0.717, 1.165) is 31.4 Å². The molecule has 6 heteroatoms. The lowest BCUT2D eigenvalue weighted by Crippen LogP contribution is -2.40. The SMILES string of the molecule is C=CC[C@@H](O[C@H](CCCCC)[Si](C)(C)F)c1ccc(C(F)(F)F)cc1. The second kappa shape index (κ2) is 9.53. The minimum absolute atomic E-state index is 0.431. The summed E-state index contributed by atoms with van der Waals surface area (Å²) < 4.78 is 58.9. The van der Waals surface area contributed by atoms with E-state index in [-0.39, 0.29) is 0 Å². The highest BCUT2D eigenvalue weighted by Crippen LogP contribution is 2.33. The van der Waals surface area contributed by atoms with E-state index in [1.807, 2.05) is 0 Å². The van der Waals surface area contributed by atoms with E-state index >= 15 is 0 Å². The van der Waals surface area contributed by atoms with Gasteiger partial charge in [0.05, 0.1) is 17.4 Å². The third kappa shape index (κ3) is 7.32. The Morgan fingerprint density at radius 3 is 2.20 bits per heavy atom. The quantitative estimate of drug-likeness (QED) is 0.140. The zero-order valence-corrected chi connectivity index (χ0v) is 16.2. The highest BCUT2D eigenvalue weighted by atomic mass is 28.4. The molecule has 0 aliphatic heterocycles. The molecule has 0 heterocycles. The van der Waals surface area contributed by atoms with Gasteiger partial charge in [-0.05, 0) is 43.6 Å². The zero-order chi connectivity index (χ0) is 19.1. The molecule has 142 valence electrons. The van der Waals surface area contributed by atoms with Crippen molar-refractivity contribution in [2.45, 2.75) is 70.1 Å². The Morgan fingerprint density at radius 2 is 1.76 bits per heavy atom. The maximum Gasteiger partial charge on any atom is 0.416 e. The smallest absolute Gasteiger partial charge is 0.370 e. The van der Waals surface area contributed by atoms with Gasteiger partial charge in [-0.2, -0.15) is 13.2 Å². The van der Waals surface area contributed by atoms with Crippen LogP contribution >= 0.6 is 0 Å². The Kier molecular flexibility index (Phi) is 8.34. The Balaban J connectivity index is 2.94. The minimum Gasteiger partial charge on any atom is -0.370 e.